The molecule has 6 nitrogen and oxygen atoms in total. The first-order chi connectivity index (χ1) is 13.9. The highest BCUT2D eigenvalue weighted by Gasteiger charge is 2.27. The van der Waals surface area contributed by atoms with Gasteiger partial charge in [-0.05, 0) is 62.6 Å². The summed E-state index contributed by atoms with van der Waals surface area (Å²) >= 11 is 0. The number of aryl methyl sites for hydroxylation is 2. The van der Waals surface area contributed by atoms with Crippen molar-refractivity contribution in [3.05, 3.63) is 65.4 Å². The number of carbonyl (C=O) groups excluding carboxylic acids is 1. The maximum absolute atomic E-state index is 12.9. The number of anilines is 1. The van der Waals surface area contributed by atoms with E-state index in [1.165, 1.54) is 10.4 Å². The van der Waals surface area contributed by atoms with E-state index >= 15 is 0 Å². The third-order valence-electron chi connectivity index (χ3n) is 5.23. The van der Waals surface area contributed by atoms with Crippen LogP contribution in [0.25, 0.3) is 10.9 Å². The number of sulfonamides is 1. The minimum absolute atomic E-state index is 0.151. The Morgan fingerprint density at radius 2 is 1.83 bits per heavy atom. The number of nitrogens with zero attached hydrogens (tertiary/aromatic N) is 2. The minimum atomic E-state index is -3.57. The summed E-state index contributed by atoms with van der Waals surface area (Å²) in [5.41, 5.74) is 3.91. The molecule has 1 N–H and O–H groups in total. The van der Waals surface area contributed by atoms with Gasteiger partial charge in [-0.15, -0.1) is 0 Å². The van der Waals surface area contributed by atoms with Gasteiger partial charge in [0.05, 0.1) is 16.1 Å². The summed E-state index contributed by atoms with van der Waals surface area (Å²) in [7, 11) is -3.57. The molecule has 0 atom stereocenters. The first kappa shape index (κ1) is 19.5. The fourth-order valence-electron chi connectivity index (χ4n) is 3.79. The largest absolute Gasteiger partial charge is 0.321 e. The lowest BCUT2D eigenvalue weighted by molar-refractivity contribution is 0.102. The van der Waals surface area contributed by atoms with Crippen LogP contribution in [0.2, 0.25) is 0 Å². The van der Waals surface area contributed by atoms with E-state index in [-0.39, 0.29) is 10.8 Å². The number of rotatable bonds is 4. The highest BCUT2D eigenvalue weighted by Crippen LogP contribution is 2.27. The number of aromatic nitrogens is 1. The van der Waals surface area contributed by atoms with Crippen LogP contribution >= 0.6 is 0 Å². The van der Waals surface area contributed by atoms with Gasteiger partial charge in [-0.1, -0.05) is 17.7 Å². The van der Waals surface area contributed by atoms with Crippen molar-refractivity contribution < 1.29 is 13.2 Å². The molecule has 0 spiro atoms. The number of nitrogens with one attached hydrogen (secondary N) is 1. The van der Waals surface area contributed by atoms with Crippen molar-refractivity contribution in [2.45, 2.75) is 31.6 Å². The van der Waals surface area contributed by atoms with Crippen LogP contribution in [0, 0.1) is 13.8 Å². The van der Waals surface area contributed by atoms with Crippen LogP contribution in [0.3, 0.4) is 0 Å². The molecule has 1 aliphatic rings. The Balaban J connectivity index is 1.66. The van der Waals surface area contributed by atoms with E-state index in [1.807, 2.05) is 26.0 Å². The SMILES string of the molecule is Cc1cc(C)c2nccc(NC(=O)c3cccc(S(=O)(=O)N4CCCC4)c3)c2c1. The van der Waals surface area contributed by atoms with Crippen molar-refractivity contribution in [2.75, 3.05) is 18.4 Å². The third kappa shape index (κ3) is 3.75. The monoisotopic (exact) mass is 409 g/mol. The number of pyridine rings is 1. The molecule has 150 valence electrons. The van der Waals surface area contributed by atoms with Gasteiger partial charge in [0, 0.05) is 30.2 Å². The van der Waals surface area contributed by atoms with Crippen molar-refractivity contribution in [2.24, 2.45) is 0 Å². The van der Waals surface area contributed by atoms with Gasteiger partial charge in [0.15, 0.2) is 0 Å². The summed E-state index contributed by atoms with van der Waals surface area (Å²) in [6, 6.07) is 12.0. The standard InChI is InChI=1S/C22H23N3O3S/c1-15-12-16(2)21-19(13-15)20(8-9-23-21)24-22(26)17-6-5-7-18(14-17)29(27,28)25-10-3-4-11-25/h5-9,12-14H,3-4,10-11H2,1-2H3,(H,23,24,26). The smallest absolute Gasteiger partial charge is 0.255 e. The molecule has 2 heterocycles. The molecule has 0 saturated carbocycles. The van der Waals surface area contributed by atoms with E-state index in [4.69, 9.17) is 0 Å². The normalized spacial score (nSPS) is 15.0. The number of benzene rings is 2. The average molecular weight is 410 g/mol. The molecule has 1 amide bonds. The second-order valence-electron chi connectivity index (χ2n) is 7.43. The first-order valence-electron chi connectivity index (χ1n) is 9.64. The summed E-state index contributed by atoms with van der Waals surface area (Å²) in [4.78, 5) is 17.5. The quantitative estimate of drug-likeness (QED) is 0.709. The van der Waals surface area contributed by atoms with Gasteiger partial charge in [0.25, 0.3) is 5.91 Å². The maximum atomic E-state index is 12.9. The van der Waals surface area contributed by atoms with Crippen LogP contribution in [0.4, 0.5) is 5.69 Å². The molecular weight excluding hydrogens is 386 g/mol. The molecule has 1 saturated heterocycles. The maximum Gasteiger partial charge on any atom is 0.255 e. The zero-order valence-corrected chi connectivity index (χ0v) is 17.3. The molecule has 1 aromatic heterocycles. The van der Waals surface area contributed by atoms with Gasteiger partial charge in [0.2, 0.25) is 10.0 Å². The van der Waals surface area contributed by atoms with Gasteiger partial charge >= 0.3 is 0 Å². The first-order valence-corrected chi connectivity index (χ1v) is 11.1. The van der Waals surface area contributed by atoms with Crippen molar-refractivity contribution >= 4 is 32.5 Å². The fraction of sp³-hybridized carbons (Fsp3) is 0.273. The van der Waals surface area contributed by atoms with E-state index in [0.717, 1.165) is 34.9 Å². The van der Waals surface area contributed by atoms with Crippen LogP contribution in [0.5, 0.6) is 0 Å². The van der Waals surface area contributed by atoms with Crippen molar-refractivity contribution in [3.8, 4) is 0 Å². The van der Waals surface area contributed by atoms with Crippen LogP contribution in [0.15, 0.2) is 53.6 Å². The molecule has 0 aliphatic carbocycles. The molecule has 4 rings (SSSR count). The second-order valence-corrected chi connectivity index (χ2v) is 9.37. The predicted octanol–water partition coefficient (Wildman–Crippen LogP) is 3.89. The van der Waals surface area contributed by atoms with Crippen molar-refractivity contribution in [1.82, 2.24) is 9.29 Å². The molecule has 3 aromatic rings. The molecule has 0 unspecified atom stereocenters. The Hall–Kier alpha value is -2.77. The second kappa shape index (κ2) is 7.57. The summed E-state index contributed by atoms with van der Waals surface area (Å²) in [6.45, 7) is 5.04. The summed E-state index contributed by atoms with van der Waals surface area (Å²) in [5, 5.41) is 3.78. The van der Waals surface area contributed by atoms with Gasteiger partial charge < -0.3 is 5.32 Å². The Kier molecular flexibility index (Phi) is 5.10. The molecule has 2 aromatic carbocycles. The molecule has 7 heteroatoms. The van der Waals surface area contributed by atoms with E-state index in [9.17, 15) is 13.2 Å². The Bertz CT molecular complexity index is 1200. The van der Waals surface area contributed by atoms with Crippen LogP contribution in [-0.4, -0.2) is 36.7 Å². The lowest BCUT2D eigenvalue weighted by Gasteiger charge is -2.16. The van der Waals surface area contributed by atoms with Crippen LogP contribution in [0.1, 0.15) is 34.3 Å². The Morgan fingerprint density at radius 1 is 1.07 bits per heavy atom. The molecule has 1 fully saturated rings. The summed E-state index contributed by atoms with van der Waals surface area (Å²) in [5.74, 6) is -0.352. The van der Waals surface area contributed by atoms with E-state index in [0.29, 0.717) is 24.3 Å². The number of amides is 1. The highest BCUT2D eigenvalue weighted by molar-refractivity contribution is 7.89. The zero-order chi connectivity index (χ0) is 20.6. The van der Waals surface area contributed by atoms with Crippen molar-refractivity contribution in [3.63, 3.8) is 0 Å². The highest BCUT2D eigenvalue weighted by atomic mass is 32.2. The minimum Gasteiger partial charge on any atom is -0.321 e. The zero-order valence-electron chi connectivity index (χ0n) is 16.5. The molecule has 29 heavy (non-hydrogen) atoms. The van der Waals surface area contributed by atoms with Gasteiger partial charge in [0.1, 0.15) is 0 Å². The number of carbonyl (C=O) groups is 1. The van der Waals surface area contributed by atoms with Crippen molar-refractivity contribution in [1.29, 1.82) is 0 Å². The van der Waals surface area contributed by atoms with E-state index in [1.54, 1.807) is 30.5 Å². The van der Waals surface area contributed by atoms with Gasteiger partial charge in [-0.3, -0.25) is 9.78 Å². The van der Waals surface area contributed by atoms with Crippen LogP contribution in [-0.2, 0) is 10.0 Å². The average Bonchev–Trinajstić information content (AvgIpc) is 3.24. The Labute approximate surface area is 170 Å². The van der Waals surface area contributed by atoms with Crippen LogP contribution < -0.4 is 5.32 Å². The topological polar surface area (TPSA) is 79.4 Å². The Morgan fingerprint density at radius 3 is 2.59 bits per heavy atom. The molecular formula is C22H23N3O3S. The van der Waals surface area contributed by atoms with Gasteiger partial charge in [-0.25, -0.2) is 8.42 Å². The fourth-order valence-corrected chi connectivity index (χ4v) is 5.36. The molecule has 0 bridgehead atoms. The predicted molar refractivity (Wildman–Crippen MR) is 114 cm³/mol. The molecule has 1 aliphatic heterocycles. The van der Waals surface area contributed by atoms with E-state index < -0.39 is 10.0 Å². The van der Waals surface area contributed by atoms with E-state index in [2.05, 4.69) is 10.3 Å². The number of fused-ring (bicyclic) bond motifs is 1. The number of hydrogen-bond donors (Lipinski definition) is 1. The van der Waals surface area contributed by atoms with Gasteiger partial charge in [-0.2, -0.15) is 4.31 Å². The lowest BCUT2D eigenvalue weighted by atomic mass is 10.1. The summed E-state index contributed by atoms with van der Waals surface area (Å²) < 4.78 is 27.1. The lowest BCUT2D eigenvalue weighted by Crippen LogP contribution is -2.28. The molecule has 0 radical (unpaired) electrons. The third-order valence-corrected chi connectivity index (χ3v) is 7.12. The summed E-state index contributed by atoms with van der Waals surface area (Å²) in [6.07, 6.45) is 3.40. The number of hydrogen-bond acceptors (Lipinski definition) is 4.